The van der Waals surface area contributed by atoms with Crippen LogP contribution in [0.4, 0.5) is 10.5 Å². The van der Waals surface area contributed by atoms with Crippen LogP contribution in [0.2, 0.25) is 0 Å². The van der Waals surface area contributed by atoms with Gasteiger partial charge in [0.2, 0.25) is 5.91 Å². The summed E-state index contributed by atoms with van der Waals surface area (Å²) in [7, 11) is 0. The fraction of sp³-hybridized carbons (Fsp3) is 0.333. The Kier molecular flexibility index (Phi) is 3.66. The van der Waals surface area contributed by atoms with Crippen molar-refractivity contribution in [1.82, 2.24) is 10.2 Å². The van der Waals surface area contributed by atoms with E-state index in [0.717, 1.165) is 0 Å². The molecule has 6 heteroatoms. The minimum atomic E-state index is -0.334. The van der Waals surface area contributed by atoms with E-state index in [1.54, 1.807) is 12.1 Å². The Morgan fingerprint density at radius 1 is 1.33 bits per heavy atom. The minimum absolute atomic E-state index is 0.0886. The van der Waals surface area contributed by atoms with E-state index in [1.165, 1.54) is 4.90 Å². The first kappa shape index (κ1) is 12.2. The van der Waals surface area contributed by atoms with Gasteiger partial charge < -0.3 is 15.8 Å². The van der Waals surface area contributed by atoms with Gasteiger partial charge in [-0.05, 0) is 18.6 Å². The van der Waals surface area contributed by atoms with Crippen LogP contribution >= 0.6 is 0 Å². The summed E-state index contributed by atoms with van der Waals surface area (Å²) in [5, 5.41) is 2.46. The van der Waals surface area contributed by atoms with Gasteiger partial charge in [-0.1, -0.05) is 12.1 Å². The summed E-state index contributed by atoms with van der Waals surface area (Å²) < 4.78 is 5.47. The Balaban J connectivity index is 1.75. The van der Waals surface area contributed by atoms with E-state index >= 15 is 0 Å². The molecule has 0 radical (unpaired) electrons. The van der Waals surface area contributed by atoms with Crippen molar-refractivity contribution in [3.63, 3.8) is 0 Å². The number of urea groups is 1. The lowest BCUT2D eigenvalue weighted by Crippen LogP contribution is -2.32. The highest BCUT2D eigenvalue weighted by molar-refractivity contribution is 6.01. The summed E-state index contributed by atoms with van der Waals surface area (Å²) in [5.41, 5.74) is 6.29. The number of amides is 3. The molecule has 0 spiro atoms. The molecule has 1 aromatic rings. The minimum Gasteiger partial charge on any atom is -0.491 e. The monoisotopic (exact) mass is 249 g/mol. The molecule has 0 aromatic heterocycles. The number of nitrogen functional groups attached to an aromatic ring is 1. The fourth-order valence-corrected chi connectivity index (χ4v) is 1.70. The van der Waals surface area contributed by atoms with E-state index in [9.17, 15) is 9.59 Å². The van der Waals surface area contributed by atoms with Gasteiger partial charge in [-0.3, -0.25) is 9.69 Å². The molecule has 3 amide bonds. The van der Waals surface area contributed by atoms with Gasteiger partial charge in [0.1, 0.15) is 5.75 Å². The SMILES string of the molecule is Nc1ccccc1OCCCN1C(=O)CNC1=O. The predicted molar refractivity (Wildman–Crippen MR) is 66.1 cm³/mol. The first-order chi connectivity index (χ1) is 8.68. The quantitative estimate of drug-likeness (QED) is 0.454. The molecule has 3 N–H and O–H groups in total. The molecule has 0 saturated carbocycles. The summed E-state index contributed by atoms with van der Waals surface area (Å²) in [4.78, 5) is 23.7. The van der Waals surface area contributed by atoms with Crippen LogP contribution in [0, 0.1) is 0 Å². The van der Waals surface area contributed by atoms with Gasteiger partial charge in [-0.15, -0.1) is 0 Å². The van der Waals surface area contributed by atoms with Crippen molar-refractivity contribution in [2.75, 3.05) is 25.4 Å². The van der Waals surface area contributed by atoms with Gasteiger partial charge in [-0.25, -0.2) is 4.79 Å². The average molecular weight is 249 g/mol. The number of hydrogen-bond acceptors (Lipinski definition) is 4. The summed E-state index contributed by atoms with van der Waals surface area (Å²) in [5.74, 6) is 0.425. The number of nitrogens with two attached hydrogens (primary N) is 1. The number of nitrogens with zero attached hydrogens (tertiary/aromatic N) is 1. The molecule has 2 rings (SSSR count). The van der Waals surface area contributed by atoms with Crippen LogP contribution in [0.3, 0.4) is 0 Å². The molecule has 0 atom stereocenters. The molecule has 0 aliphatic carbocycles. The van der Waals surface area contributed by atoms with Crippen molar-refractivity contribution in [2.24, 2.45) is 0 Å². The maximum Gasteiger partial charge on any atom is 0.324 e. The Morgan fingerprint density at radius 3 is 2.78 bits per heavy atom. The Hall–Kier alpha value is -2.24. The number of benzene rings is 1. The highest BCUT2D eigenvalue weighted by Crippen LogP contribution is 2.19. The molecule has 0 unspecified atom stereocenters. The normalized spacial score (nSPS) is 14.8. The lowest BCUT2D eigenvalue weighted by molar-refractivity contribution is -0.125. The van der Waals surface area contributed by atoms with Gasteiger partial charge in [0.15, 0.2) is 0 Å². The first-order valence-corrected chi connectivity index (χ1v) is 5.74. The Labute approximate surface area is 105 Å². The van der Waals surface area contributed by atoms with Gasteiger partial charge in [0, 0.05) is 6.54 Å². The second kappa shape index (κ2) is 5.39. The number of ether oxygens (including phenoxy) is 1. The summed E-state index contributed by atoms with van der Waals surface area (Å²) in [6.45, 7) is 0.855. The van der Waals surface area contributed by atoms with Crippen molar-refractivity contribution in [3.05, 3.63) is 24.3 Å². The predicted octanol–water partition coefficient (Wildman–Crippen LogP) is 0.589. The third kappa shape index (κ3) is 2.71. The highest BCUT2D eigenvalue weighted by atomic mass is 16.5. The molecule has 1 aliphatic heterocycles. The summed E-state index contributed by atoms with van der Waals surface area (Å²) in [6, 6.07) is 6.87. The third-order valence-electron chi connectivity index (χ3n) is 2.64. The van der Waals surface area contributed by atoms with Crippen molar-refractivity contribution >= 4 is 17.6 Å². The van der Waals surface area contributed by atoms with Crippen LogP contribution in [0.25, 0.3) is 0 Å². The molecule has 0 bridgehead atoms. The topological polar surface area (TPSA) is 84.7 Å². The number of anilines is 1. The number of carbonyl (C=O) groups excluding carboxylic acids is 2. The maximum atomic E-state index is 11.3. The largest absolute Gasteiger partial charge is 0.491 e. The van der Waals surface area contributed by atoms with E-state index < -0.39 is 0 Å². The number of carbonyl (C=O) groups is 2. The Bertz CT molecular complexity index is 446. The van der Waals surface area contributed by atoms with Crippen LogP contribution in [-0.4, -0.2) is 36.5 Å². The smallest absolute Gasteiger partial charge is 0.324 e. The van der Waals surface area contributed by atoms with E-state index in [4.69, 9.17) is 10.5 Å². The van der Waals surface area contributed by atoms with Crippen LogP contribution in [-0.2, 0) is 4.79 Å². The molecule has 1 heterocycles. The zero-order valence-corrected chi connectivity index (χ0v) is 9.89. The molecule has 18 heavy (non-hydrogen) atoms. The number of hydrogen-bond donors (Lipinski definition) is 2. The molecule has 1 saturated heterocycles. The fourth-order valence-electron chi connectivity index (χ4n) is 1.70. The van der Waals surface area contributed by atoms with E-state index in [1.807, 2.05) is 12.1 Å². The van der Waals surface area contributed by atoms with Crippen molar-refractivity contribution in [1.29, 1.82) is 0 Å². The summed E-state index contributed by atoms with van der Waals surface area (Å²) in [6.07, 6.45) is 0.577. The standard InChI is InChI=1S/C12H15N3O3/c13-9-4-1-2-5-10(9)18-7-3-6-15-11(16)8-14-12(15)17/h1-2,4-5H,3,6-8,13H2,(H,14,17). The van der Waals surface area contributed by atoms with E-state index in [0.29, 0.717) is 31.0 Å². The van der Waals surface area contributed by atoms with Gasteiger partial charge >= 0.3 is 6.03 Å². The van der Waals surface area contributed by atoms with Gasteiger partial charge in [0.25, 0.3) is 0 Å². The average Bonchev–Trinajstić information content (AvgIpc) is 2.67. The number of nitrogens with one attached hydrogen (secondary N) is 1. The molecule has 96 valence electrons. The van der Waals surface area contributed by atoms with Gasteiger partial charge in [0.05, 0.1) is 18.8 Å². The molecular weight excluding hydrogens is 234 g/mol. The lowest BCUT2D eigenvalue weighted by Gasteiger charge is -2.13. The first-order valence-electron chi connectivity index (χ1n) is 5.74. The molecular formula is C12H15N3O3. The number of imide groups is 1. The van der Waals surface area contributed by atoms with Gasteiger partial charge in [-0.2, -0.15) is 0 Å². The van der Waals surface area contributed by atoms with Crippen molar-refractivity contribution in [3.8, 4) is 5.75 Å². The second-order valence-electron chi connectivity index (χ2n) is 3.94. The summed E-state index contributed by atoms with van der Waals surface area (Å²) >= 11 is 0. The molecule has 1 aliphatic rings. The van der Waals surface area contributed by atoms with Crippen LogP contribution in [0.5, 0.6) is 5.75 Å². The number of para-hydroxylation sites is 2. The third-order valence-corrected chi connectivity index (χ3v) is 2.64. The number of rotatable bonds is 5. The van der Waals surface area contributed by atoms with Crippen molar-refractivity contribution in [2.45, 2.75) is 6.42 Å². The molecule has 1 aromatic carbocycles. The van der Waals surface area contributed by atoms with Crippen LogP contribution in [0.1, 0.15) is 6.42 Å². The van der Waals surface area contributed by atoms with Crippen LogP contribution < -0.4 is 15.8 Å². The van der Waals surface area contributed by atoms with E-state index in [2.05, 4.69) is 5.32 Å². The zero-order valence-electron chi connectivity index (χ0n) is 9.89. The maximum absolute atomic E-state index is 11.3. The van der Waals surface area contributed by atoms with Crippen LogP contribution in [0.15, 0.2) is 24.3 Å². The zero-order chi connectivity index (χ0) is 13.0. The molecule has 1 fully saturated rings. The lowest BCUT2D eigenvalue weighted by atomic mass is 10.3. The Morgan fingerprint density at radius 2 is 2.11 bits per heavy atom. The second-order valence-corrected chi connectivity index (χ2v) is 3.94. The highest BCUT2D eigenvalue weighted by Gasteiger charge is 2.27. The molecule has 6 nitrogen and oxygen atoms in total. The van der Waals surface area contributed by atoms with E-state index in [-0.39, 0.29) is 18.5 Å². The van der Waals surface area contributed by atoms with Crippen molar-refractivity contribution < 1.29 is 14.3 Å².